The van der Waals surface area contributed by atoms with Gasteiger partial charge in [0.25, 0.3) is 0 Å². The smallest absolute Gasteiger partial charge is 0.224 e. The molecule has 0 saturated heterocycles. The standard InChI is InChI=1S/C10H18N4O/c1-7(8(2)11)10(15)12-4-9-5-13-14(3)6-9/h5-8H,4,11H2,1-3H3,(H,12,15). The summed E-state index contributed by atoms with van der Waals surface area (Å²) in [6, 6.07) is -0.126. The number of nitrogens with one attached hydrogen (secondary N) is 1. The van der Waals surface area contributed by atoms with Crippen LogP contribution in [0.5, 0.6) is 0 Å². The van der Waals surface area contributed by atoms with Crippen molar-refractivity contribution in [1.82, 2.24) is 15.1 Å². The Labute approximate surface area is 89.6 Å². The van der Waals surface area contributed by atoms with Gasteiger partial charge in [-0.05, 0) is 6.92 Å². The van der Waals surface area contributed by atoms with Gasteiger partial charge in [0.2, 0.25) is 5.91 Å². The van der Waals surface area contributed by atoms with Crippen LogP contribution >= 0.6 is 0 Å². The van der Waals surface area contributed by atoms with Gasteiger partial charge in [-0.1, -0.05) is 6.92 Å². The molecule has 0 aliphatic rings. The Balaban J connectivity index is 2.40. The van der Waals surface area contributed by atoms with E-state index in [1.807, 2.05) is 27.1 Å². The van der Waals surface area contributed by atoms with Gasteiger partial charge in [0.1, 0.15) is 0 Å². The summed E-state index contributed by atoms with van der Waals surface area (Å²) in [5.41, 5.74) is 6.62. The number of aromatic nitrogens is 2. The predicted octanol–water partition coefficient (Wildman–Crippen LogP) is 0.0196. The van der Waals surface area contributed by atoms with Crippen molar-refractivity contribution in [2.24, 2.45) is 18.7 Å². The fourth-order valence-corrected chi connectivity index (χ4v) is 1.15. The molecule has 84 valence electrons. The van der Waals surface area contributed by atoms with Crippen LogP contribution in [0.15, 0.2) is 12.4 Å². The number of aryl methyl sites for hydroxylation is 1. The summed E-state index contributed by atoms with van der Waals surface area (Å²) in [4.78, 5) is 11.5. The maximum Gasteiger partial charge on any atom is 0.224 e. The predicted molar refractivity (Wildman–Crippen MR) is 57.9 cm³/mol. The normalized spacial score (nSPS) is 14.7. The van der Waals surface area contributed by atoms with E-state index >= 15 is 0 Å². The number of amides is 1. The van der Waals surface area contributed by atoms with Gasteiger partial charge < -0.3 is 11.1 Å². The fourth-order valence-electron chi connectivity index (χ4n) is 1.15. The Hall–Kier alpha value is -1.36. The van der Waals surface area contributed by atoms with Gasteiger partial charge >= 0.3 is 0 Å². The molecule has 0 spiro atoms. The SMILES string of the molecule is CC(N)C(C)C(=O)NCc1cnn(C)c1. The number of rotatable bonds is 4. The molecule has 0 radical (unpaired) electrons. The zero-order valence-electron chi connectivity index (χ0n) is 9.40. The van der Waals surface area contributed by atoms with Crippen LogP contribution in [-0.4, -0.2) is 21.7 Å². The molecule has 1 heterocycles. The number of nitrogens with two attached hydrogens (primary N) is 1. The van der Waals surface area contributed by atoms with E-state index in [2.05, 4.69) is 10.4 Å². The number of hydrogen-bond donors (Lipinski definition) is 2. The second kappa shape index (κ2) is 4.93. The Bertz CT molecular complexity index is 332. The van der Waals surface area contributed by atoms with Gasteiger partial charge in [-0.15, -0.1) is 0 Å². The molecule has 0 aromatic carbocycles. The van der Waals surface area contributed by atoms with E-state index in [-0.39, 0.29) is 17.9 Å². The minimum atomic E-state index is -0.165. The number of nitrogens with zero attached hydrogens (tertiary/aromatic N) is 2. The third-order valence-corrected chi connectivity index (χ3v) is 2.43. The van der Waals surface area contributed by atoms with Gasteiger partial charge in [-0.25, -0.2) is 0 Å². The molecule has 5 nitrogen and oxygen atoms in total. The molecule has 0 aliphatic heterocycles. The number of carbonyl (C=O) groups is 1. The fraction of sp³-hybridized carbons (Fsp3) is 0.600. The highest BCUT2D eigenvalue weighted by molar-refractivity contribution is 5.78. The van der Waals surface area contributed by atoms with E-state index in [0.717, 1.165) is 5.56 Å². The lowest BCUT2D eigenvalue weighted by Gasteiger charge is -2.14. The van der Waals surface area contributed by atoms with Gasteiger partial charge in [0.15, 0.2) is 0 Å². The number of hydrogen-bond acceptors (Lipinski definition) is 3. The highest BCUT2D eigenvalue weighted by Gasteiger charge is 2.16. The van der Waals surface area contributed by atoms with Crippen molar-refractivity contribution in [2.75, 3.05) is 0 Å². The van der Waals surface area contributed by atoms with Gasteiger partial charge in [-0.2, -0.15) is 5.10 Å². The lowest BCUT2D eigenvalue weighted by molar-refractivity contribution is -0.125. The third kappa shape index (κ3) is 3.36. The Morgan fingerprint density at radius 1 is 1.67 bits per heavy atom. The van der Waals surface area contributed by atoms with Crippen LogP contribution in [0.2, 0.25) is 0 Å². The molecule has 2 unspecified atom stereocenters. The molecule has 3 N–H and O–H groups in total. The zero-order chi connectivity index (χ0) is 11.4. The topological polar surface area (TPSA) is 72.9 Å². The van der Waals surface area contributed by atoms with E-state index in [1.54, 1.807) is 10.9 Å². The van der Waals surface area contributed by atoms with Crippen molar-refractivity contribution in [3.05, 3.63) is 18.0 Å². The Morgan fingerprint density at radius 2 is 2.33 bits per heavy atom. The maximum atomic E-state index is 11.5. The van der Waals surface area contributed by atoms with E-state index in [0.29, 0.717) is 6.54 Å². The van der Waals surface area contributed by atoms with Crippen LogP contribution < -0.4 is 11.1 Å². The molecule has 1 amide bonds. The lowest BCUT2D eigenvalue weighted by atomic mass is 10.0. The van der Waals surface area contributed by atoms with E-state index in [9.17, 15) is 4.79 Å². The molecule has 0 bridgehead atoms. The highest BCUT2D eigenvalue weighted by Crippen LogP contribution is 2.01. The molecular formula is C10H18N4O. The molecular weight excluding hydrogens is 192 g/mol. The average molecular weight is 210 g/mol. The van der Waals surface area contributed by atoms with Crippen molar-refractivity contribution in [2.45, 2.75) is 26.4 Å². The summed E-state index contributed by atoms with van der Waals surface area (Å²) >= 11 is 0. The molecule has 1 rings (SSSR count). The molecule has 1 aromatic rings. The van der Waals surface area contributed by atoms with Crippen molar-refractivity contribution in [3.63, 3.8) is 0 Å². The van der Waals surface area contributed by atoms with Crippen molar-refractivity contribution < 1.29 is 4.79 Å². The quantitative estimate of drug-likeness (QED) is 0.735. The van der Waals surface area contributed by atoms with Crippen LogP contribution in [0.25, 0.3) is 0 Å². The second-order valence-electron chi connectivity index (χ2n) is 3.89. The monoisotopic (exact) mass is 210 g/mol. The largest absolute Gasteiger partial charge is 0.352 e. The lowest BCUT2D eigenvalue weighted by Crippen LogP contribution is -2.38. The molecule has 0 aliphatic carbocycles. The van der Waals surface area contributed by atoms with Crippen LogP contribution in [0.3, 0.4) is 0 Å². The molecule has 5 heteroatoms. The molecule has 2 atom stereocenters. The summed E-state index contributed by atoms with van der Waals surface area (Å²) in [6.07, 6.45) is 3.60. The number of carbonyl (C=O) groups excluding carboxylic acids is 1. The summed E-state index contributed by atoms with van der Waals surface area (Å²) in [5, 5.41) is 6.84. The van der Waals surface area contributed by atoms with Crippen molar-refractivity contribution in [1.29, 1.82) is 0 Å². The van der Waals surface area contributed by atoms with Gasteiger partial charge in [-0.3, -0.25) is 9.48 Å². The highest BCUT2D eigenvalue weighted by atomic mass is 16.1. The first-order valence-corrected chi connectivity index (χ1v) is 5.01. The van der Waals surface area contributed by atoms with Gasteiger partial charge in [0, 0.05) is 37.3 Å². The summed E-state index contributed by atoms with van der Waals surface area (Å²) in [6.45, 7) is 4.15. The van der Waals surface area contributed by atoms with Crippen LogP contribution in [0, 0.1) is 5.92 Å². The minimum Gasteiger partial charge on any atom is -0.352 e. The third-order valence-electron chi connectivity index (χ3n) is 2.43. The van der Waals surface area contributed by atoms with Crippen LogP contribution in [0.1, 0.15) is 19.4 Å². The zero-order valence-corrected chi connectivity index (χ0v) is 9.40. The Morgan fingerprint density at radius 3 is 2.80 bits per heavy atom. The maximum absolute atomic E-state index is 11.5. The molecule has 0 fully saturated rings. The second-order valence-corrected chi connectivity index (χ2v) is 3.89. The summed E-state index contributed by atoms with van der Waals surface area (Å²) < 4.78 is 1.70. The molecule has 0 saturated carbocycles. The first kappa shape index (κ1) is 11.7. The van der Waals surface area contributed by atoms with Crippen molar-refractivity contribution in [3.8, 4) is 0 Å². The molecule has 1 aromatic heterocycles. The average Bonchev–Trinajstić information content (AvgIpc) is 2.59. The Kier molecular flexibility index (Phi) is 3.85. The van der Waals surface area contributed by atoms with E-state index in [4.69, 9.17) is 5.73 Å². The first-order chi connectivity index (χ1) is 7.00. The first-order valence-electron chi connectivity index (χ1n) is 5.01. The van der Waals surface area contributed by atoms with E-state index in [1.165, 1.54) is 0 Å². The van der Waals surface area contributed by atoms with Crippen molar-refractivity contribution >= 4 is 5.91 Å². The van der Waals surface area contributed by atoms with Crippen LogP contribution in [-0.2, 0) is 18.4 Å². The van der Waals surface area contributed by atoms with E-state index < -0.39 is 0 Å². The minimum absolute atomic E-state index is 0.0196. The van der Waals surface area contributed by atoms with Crippen LogP contribution in [0.4, 0.5) is 0 Å². The van der Waals surface area contributed by atoms with Gasteiger partial charge in [0.05, 0.1) is 6.20 Å². The summed E-state index contributed by atoms with van der Waals surface area (Å²) in [7, 11) is 1.84. The molecule has 15 heavy (non-hydrogen) atoms. The summed E-state index contributed by atoms with van der Waals surface area (Å²) in [5.74, 6) is -0.185.